The van der Waals surface area contributed by atoms with Gasteiger partial charge in [-0.15, -0.1) is 0 Å². The number of carbonyl (C=O) groups excluding carboxylic acids is 2. The van der Waals surface area contributed by atoms with Crippen LogP contribution in [0.4, 0.5) is 11.4 Å². The predicted molar refractivity (Wildman–Crippen MR) is 106 cm³/mol. The number of hydrogen-bond acceptors (Lipinski definition) is 5. The van der Waals surface area contributed by atoms with Crippen LogP contribution in [-0.2, 0) is 14.3 Å². The smallest absolute Gasteiger partial charge is 0.331 e. The molecule has 7 nitrogen and oxygen atoms in total. The lowest BCUT2D eigenvalue weighted by molar-refractivity contribution is -0.385. The van der Waals surface area contributed by atoms with E-state index in [1.807, 2.05) is 36.4 Å². The number of ether oxygens (including phenoxy) is 1. The molecule has 3 aromatic carbocycles. The average Bonchev–Trinajstić information content (AvgIpc) is 2.71. The van der Waals surface area contributed by atoms with Crippen molar-refractivity contribution in [3.8, 4) is 0 Å². The van der Waals surface area contributed by atoms with Crippen LogP contribution in [0.2, 0.25) is 0 Å². The van der Waals surface area contributed by atoms with Gasteiger partial charge < -0.3 is 10.1 Å². The van der Waals surface area contributed by atoms with Crippen molar-refractivity contribution in [3.05, 3.63) is 88.5 Å². The Hall–Kier alpha value is -4.00. The number of nitrogens with one attached hydrogen (secondary N) is 1. The van der Waals surface area contributed by atoms with E-state index in [0.29, 0.717) is 5.69 Å². The highest BCUT2D eigenvalue weighted by molar-refractivity contribution is 6.03. The topological polar surface area (TPSA) is 98.5 Å². The van der Waals surface area contributed by atoms with Crippen molar-refractivity contribution in [2.75, 3.05) is 11.9 Å². The predicted octanol–water partition coefficient (Wildman–Crippen LogP) is 3.94. The van der Waals surface area contributed by atoms with E-state index in [1.54, 1.807) is 12.1 Å². The van der Waals surface area contributed by atoms with Crippen molar-refractivity contribution in [2.45, 2.75) is 0 Å². The fourth-order valence-corrected chi connectivity index (χ4v) is 2.66. The number of carbonyl (C=O) groups is 2. The third-order valence-corrected chi connectivity index (χ3v) is 3.94. The Bertz CT molecular complexity index is 1070. The minimum atomic E-state index is -0.772. The fourth-order valence-electron chi connectivity index (χ4n) is 2.66. The van der Waals surface area contributed by atoms with Gasteiger partial charge in [0.25, 0.3) is 11.6 Å². The summed E-state index contributed by atoms with van der Waals surface area (Å²) in [6.07, 6.45) is 2.33. The van der Waals surface area contributed by atoms with Crippen LogP contribution in [0, 0.1) is 10.1 Å². The van der Waals surface area contributed by atoms with Crippen molar-refractivity contribution in [3.63, 3.8) is 0 Å². The summed E-state index contributed by atoms with van der Waals surface area (Å²) in [7, 11) is 0. The third-order valence-electron chi connectivity index (χ3n) is 3.94. The molecule has 0 heterocycles. The van der Waals surface area contributed by atoms with Crippen LogP contribution < -0.4 is 5.32 Å². The molecule has 140 valence electrons. The monoisotopic (exact) mass is 376 g/mol. The Morgan fingerprint density at radius 1 is 1.00 bits per heavy atom. The highest BCUT2D eigenvalue weighted by atomic mass is 16.6. The van der Waals surface area contributed by atoms with Gasteiger partial charge in [-0.3, -0.25) is 14.9 Å². The van der Waals surface area contributed by atoms with Crippen molar-refractivity contribution in [1.29, 1.82) is 0 Å². The Morgan fingerprint density at radius 2 is 1.71 bits per heavy atom. The number of anilines is 1. The minimum Gasteiger partial charge on any atom is -0.452 e. The van der Waals surface area contributed by atoms with Gasteiger partial charge in [-0.05, 0) is 23.6 Å². The van der Waals surface area contributed by atoms with Crippen molar-refractivity contribution >= 4 is 40.1 Å². The molecule has 0 radical (unpaired) electrons. The Morgan fingerprint density at radius 3 is 2.54 bits per heavy atom. The van der Waals surface area contributed by atoms with E-state index < -0.39 is 23.4 Å². The first-order chi connectivity index (χ1) is 13.5. The van der Waals surface area contributed by atoms with Gasteiger partial charge in [0.15, 0.2) is 6.61 Å². The van der Waals surface area contributed by atoms with Crippen LogP contribution >= 0.6 is 0 Å². The molecule has 3 rings (SSSR count). The lowest BCUT2D eigenvalue weighted by atomic mass is 10.1. The summed E-state index contributed by atoms with van der Waals surface area (Å²) < 4.78 is 4.90. The van der Waals surface area contributed by atoms with E-state index in [2.05, 4.69) is 5.32 Å². The first-order valence-electron chi connectivity index (χ1n) is 8.40. The molecule has 1 N–H and O–H groups in total. The Balaban J connectivity index is 1.59. The quantitative estimate of drug-likeness (QED) is 0.304. The largest absolute Gasteiger partial charge is 0.452 e. The molecule has 0 saturated heterocycles. The maximum absolute atomic E-state index is 12.1. The molecule has 3 aromatic rings. The normalized spacial score (nSPS) is 10.7. The van der Waals surface area contributed by atoms with E-state index in [0.717, 1.165) is 16.8 Å². The molecule has 0 saturated carbocycles. The molecular formula is C21H16N2O5. The number of benzene rings is 3. The Labute approximate surface area is 160 Å². The van der Waals surface area contributed by atoms with E-state index in [9.17, 15) is 19.7 Å². The lowest BCUT2D eigenvalue weighted by Gasteiger charge is -2.08. The second kappa shape index (κ2) is 8.59. The van der Waals surface area contributed by atoms with Gasteiger partial charge in [-0.25, -0.2) is 4.79 Å². The number of amides is 1. The number of fused-ring (bicyclic) bond motifs is 1. The number of nitrogens with zero attached hydrogens (tertiary/aromatic N) is 1. The number of rotatable bonds is 6. The number of hydrogen-bond donors (Lipinski definition) is 1. The minimum absolute atomic E-state index is 0.125. The second-order valence-corrected chi connectivity index (χ2v) is 5.83. The van der Waals surface area contributed by atoms with Crippen molar-refractivity contribution < 1.29 is 19.2 Å². The third kappa shape index (κ3) is 4.59. The number of nitro groups is 1. The molecule has 0 fully saturated rings. The van der Waals surface area contributed by atoms with Crippen LogP contribution in [0.1, 0.15) is 5.56 Å². The number of nitro benzene ring substituents is 1. The molecule has 1 amide bonds. The summed E-state index contributed by atoms with van der Waals surface area (Å²) in [5.41, 5.74) is 0.763. The average molecular weight is 376 g/mol. The molecule has 0 bridgehead atoms. The van der Waals surface area contributed by atoms with Crippen LogP contribution in [0.15, 0.2) is 72.8 Å². The van der Waals surface area contributed by atoms with Crippen LogP contribution in [0.3, 0.4) is 0 Å². The molecule has 0 atom stereocenters. The van der Waals surface area contributed by atoms with Gasteiger partial charge in [0.1, 0.15) is 0 Å². The summed E-state index contributed by atoms with van der Waals surface area (Å²) in [4.78, 5) is 34.3. The maximum Gasteiger partial charge on any atom is 0.331 e. The van der Waals surface area contributed by atoms with Crippen molar-refractivity contribution in [2.24, 2.45) is 0 Å². The van der Waals surface area contributed by atoms with E-state index in [4.69, 9.17) is 4.74 Å². The summed E-state index contributed by atoms with van der Waals surface area (Å²) >= 11 is 0. The molecule has 0 aliphatic heterocycles. The van der Waals surface area contributed by atoms with Gasteiger partial charge in [0.05, 0.1) is 10.5 Å². The van der Waals surface area contributed by atoms with Gasteiger partial charge in [0, 0.05) is 23.2 Å². The summed E-state index contributed by atoms with van der Waals surface area (Å²) in [6, 6.07) is 19.1. The van der Waals surface area contributed by atoms with Gasteiger partial charge in [-0.2, -0.15) is 0 Å². The standard InChI is InChI=1S/C21H16N2O5/c24-20(22-18-10-5-8-15-6-1-3-9-17(15)18)14-28-21(25)13-12-16-7-2-4-11-19(16)23(26)27/h1-13H,14H2,(H,22,24). The second-order valence-electron chi connectivity index (χ2n) is 5.83. The van der Waals surface area contributed by atoms with Crippen LogP contribution in [0.5, 0.6) is 0 Å². The fraction of sp³-hybridized carbons (Fsp3) is 0.0476. The van der Waals surface area contributed by atoms with Crippen LogP contribution in [0.25, 0.3) is 16.8 Å². The highest BCUT2D eigenvalue weighted by Gasteiger charge is 2.11. The molecular weight excluding hydrogens is 360 g/mol. The molecule has 0 unspecified atom stereocenters. The van der Waals surface area contributed by atoms with E-state index in [-0.39, 0.29) is 11.3 Å². The first-order valence-corrected chi connectivity index (χ1v) is 8.40. The van der Waals surface area contributed by atoms with Gasteiger partial charge in [0.2, 0.25) is 0 Å². The van der Waals surface area contributed by atoms with E-state index >= 15 is 0 Å². The molecule has 0 aliphatic rings. The highest BCUT2D eigenvalue weighted by Crippen LogP contribution is 2.23. The summed E-state index contributed by atoms with van der Waals surface area (Å²) in [5.74, 6) is -1.25. The lowest BCUT2D eigenvalue weighted by Crippen LogP contribution is -2.20. The molecule has 7 heteroatoms. The molecule has 0 aromatic heterocycles. The molecule has 0 spiro atoms. The number of esters is 1. The number of para-hydroxylation sites is 1. The summed E-state index contributed by atoms with van der Waals surface area (Å²) in [5, 5.41) is 15.5. The first kappa shape index (κ1) is 18.8. The molecule has 0 aliphatic carbocycles. The zero-order chi connectivity index (χ0) is 19.9. The van der Waals surface area contributed by atoms with Crippen molar-refractivity contribution in [1.82, 2.24) is 0 Å². The zero-order valence-corrected chi connectivity index (χ0v) is 14.7. The summed E-state index contributed by atoms with van der Waals surface area (Å²) in [6.45, 7) is -0.469. The van der Waals surface area contributed by atoms with E-state index in [1.165, 1.54) is 24.3 Å². The van der Waals surface area contributed by atoms with Crippen LogP contribution in [-0.4, -0.2) is 23.4 Å². The Kier molecular flexibility index (Phi) is 5.76. The maximum atomic E-state index is 12.1. The SMILES string of the molecule is O=C(COC(=O)C=Cc1ccccc1[N+](=O)[O-])Nc1cccc2ccccc12. The van der Waals surface area contributed by atoms with Gasteiger partial charge in [-0.1, -0.05) is 48.5 Å². The zero-order valence-electron chi connectivity index (χ0n) is 14.7. The molecule has 28 heavy (non-hydrogen) atoms. The van der Waals surface area contributed by atoms with Gasteiger partial charge >= 0.3 is 5.97 Å².